The predicted octanol–water partition coefficient (Wildman–Crippen LogP) is 4.51. The Kier molecular flexibility index (Phi) is 4.76. The first-order chi connectivity index (χ1) is 12.3. The Bertz CT molecular complexity index is 979. The van der Waals surface area contributed by atoms with Crippen molar-refractivity contribution in [3.63, 3.8) is 0 Å². The topological polar surface area (TPSA) is 48.7 Å². The van der Waals surface area contributed by atoms with Crippen molar-refractivity contribution in [1.29, 1.82) is 0 Å². The second-order valence-corrected chi connectivity index (χ2v) is 7.34. The van der Waals surface area contributed by atoms with Gasteiger partial charge in [-0.3, -0.25) is 4.40 Å². The van der Waals surface area contributed by atoms with E-state index in [1.165, 1.54) is 4.70 Å². The number of hydrogen-bond donors (Lipinski definition) is 0. The van der Waals surface area contributed by atoms with Gasteiger partial charge in [0.15, 0.2) is 5.16 Å². The molecule has 0 N–H and O–H groups in total. The zero-order valence-corrected chi connectivity index (χ0v) is 15.3. The molecule has 0 unspecified atom stereocenters. The van der Waals surface area contributed by atoms with E-state index in [0.717, 1.165) is 32.9 Å². The van der Waals surface area contributed by atoms with Crippen molar-refractivity contribution in [1.82, 2.24) is 14.6 Å². The first-order valence-electron chi connectivity index (χ1n) is 8.06. The summed E-state index contributed by atoms with van der Waals surface area (Å²) in [6.07, 6.45) is 0. The zero-order chi connectivity index (χ0) is 17.1. The van der Waals surface area contributed by atoms with Gasteiger partial charge in [0, 0.05) is 5.75 Å². The van der Waals surface area contributed by atoms with Gasteiger partial charge in [-0.15, -0.1) is 10.2 Å². The minimum atomic E-state index is 0.607. The Morgan fingerprint density at radius 1 is 1.00 bits per heavy atom. The highest BCUT2D eigenvalue weighted by Gasteiger charge is 2.12. The summed E-state index contributed by atoms with van der Waals surface area (Å²) in [4.78, 5) is 0.927. The normalized spacial score (nSPS) is 11.2. The minimum absolute atomic E-state index is 0.607. The maximum Gasteiger partial charge on any atom is 0.217 e. The molecule has 0 bridgehead atoms. The first kappa shape index (κ1) is 16.2. The van der Waals surface area contributed by atoms with Crippen molar-refractivity contribution in [2.75, 3.05) is 19.0 Å². The molecule has 0 fully saturated rings. The van der Waals surface area contributed by atoms with E-state index in [-0.39, 0.29) is 0 Å². The van der Waals surface area contributed by atoms with E-state index in [2.05, 4.69) is 26.7 Å². The second-order valence-electron chi connectivity index (χ2n) is 5.27. The van der Waals surface area contributed by atoms with Gasteiger partial charge in [-0.05, 0) is 43.3 Å². The second kappa shape index (κ2) is 7.33. The third-order valence-corrected chi connectivity index (χ3v) is 5.53. The smallest absolute Gasteiger partial charge is 0.217 e. The van der Waals surface area contributed by atoms with Gasteiger partial charge in [-0.25, -0.2) is 0 Å². The number of fused-ring (bicyclic) bond motifs is 3. The van der Waals surface area contributed by atoms with Crippen LogP contribution < -0.4 is 9.47 Å². The van der Waals surface area contributed by atoms with Crippen LogP contribution in [0.1, 0.15) is 6.92 Å². The fourth-order valence-electron chi connectivity index (χ4n) is 2.54. The lowest BCUT2D eigenvalue weighted by Gasteiger charge is -2.07. The molecule has 5 nitrogen and oxygen atoms in total. The van der Waals surface area contributed by atoms with Crippen LogP contribution in [0.25, 0.3) is 15.2 Å². The van der Waals surface area contributed by atoms with Gasteiger partial charge >= 0.3 is 0 Å². The van der Waals surface area contributed by atoms with Gasteiger partial charge in [-0.1, -0.05) is 35.2 Å². The molecule has 128 valence electrons. The summed E-state index contributed by atoms with van der Waals surface area (Å²) in [7, 11) is 0. The van der Waals surface area contributed by atoms with Crippen LogP contribution in [0.2, 0.25) is 0 Å². The molecule has 0 spiro atoms. The molecule has 0 radical (unpaired) electrons. The molecule has 0 aliphatic heterocycles. The van der Waals surface area contributed by atoms with Crippen LogP contribution in [0, 0.1) is 0 Å². The third-order valence-electron chi connectivity index (χ3n) is 3.63. The molecule has 0 aliphatic rings. The summed E-state index contributed by atoms with van der Waals surface area (Å²) in [5.41, 5.74) is 1.16. The highest BCUT2D eigenvalue weighted by Crippen LogP contribution is 2.29. The van der Waals surface area contributed by atoms with Crippen molar-refractivity contribution < 1.29 is 9.47 Å². The molecule has 4 aromatic rings. The number of aromatic nitrogens is 3. The molecule has 7 heteroatoms. The van der Waals surface area contributed by atoms with Gasteiger partial charge in [-0.2, -0.15) is 0 Å². The molecule has 0 saturated heterocycles. The van der Waals surface area contributed by atoms with E-state index in [1.54, 1.807) is 23.1 Å². The van der Waals surface area contributed by atoms with Gasteiger partial charge in [0.05, 0.1) is 23.4 Å². The number of nitrogens with zero attached hydrogens (tertiary/aromatic N) is 3. The average Bonchev–Trinajstić information content (AvgIpc) is 3.20. The van der Waals surface area contributed by atoms with E-state index >= 15 is 0 Å². The standard InChI is InChI=1S/C18H17N3O2S2/c1-2-22-13-7-9-14(10-8-13)23-11-12-24-17-19-20-18-21(17)15-5-3-4-6-16(15)25-18/h3-10H,2,11-12H2,1H3. The SMILES string of the molecule is CCOc1ccc(OCCSc2nnc3sc4ccccc4n23)cc1. The Labute approximate surface area is 153 Å². The van der Waals surface area contributed by atoms with Crippen molar-refractivity contribution in [3.8, 4) is 11.5 Å². The molecule has 4 rings (SSSR count). The number of para-hydroxylation sites is 1. The predicted molar refractivity (Wildman–Crippen MR) is 102 cm³/mol. The van der Waals surface area contributed by atoms with Gasteiger partial charge in [0.1, 0.15) is 11.5 Å². The monoisotopic (exact) mass is 371 g/mol. The fraction of sp³-hybridized carbons (Fsp3) is 0.222. The Morgan fingerprint density at radius 2 is 1.76 bits per heavy atom. The fourth-order valence-corrected chi connectivity index (χ4v) is 4.32. The summed E-state index contributed by atoms with van der Waals surface area (Å²) >= 11 is 3.31. The lowest BCUT2D eigenvalue weighted by atomic mass is 10.3. The van der Waals surface area contributed by atoms with E-state index in [9.17, 15) is 0 Å². The number of ether oxygens (including phenoxy) is 2. The Balaban J connectivity index is 1.38. The molecular weight excluding hydrogens is 354 g/mol. The molecular formula is C18H17N3O2S2. The summed E-state index contributed by atoms with van der Waals surface area (Å²) in [5, 5.41) is 9.48. The number of thiazole rings is 1. The third kappa shape index (κ3) is 3.43. The minimum Gasteiger partial charge on any atom is -0.494 e. The summed E-state index contributed by atoms with van der Waals surface area (Å²) in [6, 6.07) is 16.0. The van der Waals surface area contributed by atoms with E-state index in [4.69, 9.17) is 9.47 Å². The van der Waals surface area contributed by atoms with Crippen LogP contribution in [0.15, 0.2) is 53.7 Å². The van der Waals surface area contributed by atoms with Crippen LogP contribution in [-0.4, -0.2) is 33.6 Å². The summed E-state index contributed by atoms with van der Waals surface area (Å²) < 4.78 is 14.5. The van der Waals surface area contributed by atoms with Crippen LogP contribution in [0.3, 0.4) is 0 Å². The number of benzene rings is 2. The molecule has 0 amide bonds. The molecule has 25 heavy (non-hydrogen) atoms. The van der Waals surface area contributed by atoms with Crippen LogP contribution >= 0.6 is 23.1 Å². The largest absolute Gasteiger partial charge is 0.494 e. The maximum absolute atomic E-state index is 5.79. The molecule has 0 atom stereocenters. The molecule has 2 aromatic carbocycles. The lowest BCUT2D eigenvalue weighted by Crippen LogP contribution is -2.01. The molecule has 2 heterocycles. The van der Waals surface area contributed by atoms with Gasteiger partial charge < -0.3 is 9.47 Å². The van der Waals surface area contributed by atoms with Crippen molar-refractivity contribution in [2.24, 2.45) is 0 Å². The van der Waals surface area contributed by atoms with Crippen molar-refractivity contribution in [3.05, 3.63) is 48.5 Å². The van der Waals surface area contributed by atoms with E-state index in [1.807, 2.05) is 43.3 Å². The Hall–Kier alpha value is -2.25. The highest BCUT2D eigenvalue weighted by atomic mass is 32.2. The number of hydrogen-bond acceptors (Lipinski definition) is 6. The maximum atomic E-state index is 5.79. The van der Waals surface area contributed by atoms with Crippen molar-refractivity contribution >= 4 is 38.3 Å². The van der Waals surface area contributed by atoms with Crippen molar-refractivity contribution in [2.45, 2.75) is 12.1 Å². The Morgan fingerprint density at radius 3 is 2.56 bits per heavy atom. The number of thioether (sulfide) groups is 1. The van der Waals surface area contributed by atoms with Crippen LogP contribution in [-0.2, 0) is 0 Å². The van der Waals surface area contributed by atoms with Gasteiger partial charge in [0.25, 0.3) is 0 Å². The van der Waals surface area contributed by atoms with E-state index < -0.39 is 0 Å². The zero-order valence-electron chi connectivity index (χ0n) is 13.7. The quantitative estimate of drug-likeness (QED) is 0.353. The summed E-state index contributed by atoms with van der Waals surface area (Å²) in [5.74, 6) is 2.51. The van der Waals surface area contributed by atoms with E-state index in [0.29, 0.717) is 13.2 Å². The van der Waals surface area contributed by atoms with Crippen LogP contribution in [0.5, 0.6) is 11.5 Å². The molecule has 0 saturated carbocycles. The van der Waals surface area contributed by atoms with Crippen LogP contribution in [0.4, 0.5) is 0 Å². The highest BCUT2D eigenvalue weighted by molar-refractivity contribution is 7.99. The summed E-state index contributed by atoms with van der Waals surface area (Å²) in [6.45, 7) is 3.25. The molecule has 0 aliphatic carbocycles. The first-order valence-corrected chi connectivity index (χ1v) is 9.86. The number of rotatable bonds is 7. The van der Waals surface area contributed by atoms with Gasteiger partial charge in [0.2, 0.25) is 4.96 Å². The lowest BCUT2D eigenvalue weighted by molar-refractivity contribution is 0.332. The molecule has 2 aromatic heterocycles. The average molecular weight is 371 g/mol.